The number of carbonyl (C=O) groups is 1. The lowest BCUT2D eigenvalue weighted by Crippen LogP contribution is -2.46. The molecule has 6 heteroatoms. The Morgan fingerprint density at radius 3 is 1.64 bits per heavy atom. The molecule has 28 heavy (non-hydrogen) atoms. The quantitative estimate of drug-likeness (QED) is 0.646. The first-order chi connectivity index (χ1) is 13.5. The highest BCUT2D eigenvalue weighted by atomic mass is 32.2. The molecule has 0 spiro atoms. The van der Waals surface area contributed by atoms with Crippen molar-refractivity contribution in [2.45, 2.75) is 23.9 Å². The van der Waals surface area contributed by atoms with Gasteiger partial charge in [0.1, 0.15) is 0 Å². The predicted molar refractivity (Wildman–Crippen MR) is 109 cm³/mol. The zero-order chi connectivity index (χ0) is 20.0. The van der Waals surface area contributed by atoms with Gasteiger partial charge in [0.15, 0.2) is 0 Å². The van der Waals surface area contributed by atoms with Gasteiger partial charge in [0.25, 0.3) is 0 Å². The largest absolute Gasteiger partial charge is 0.344 e. The van der Waals surface area contributed by atoms with Crippen LogP contribution in [0.4, 0.5) is 0 Å². The van der Waals surface area contributed by atoms with Crippen LogP contribution in [0.1, 0.15) is 24.1 Å². The monoisotopic (exact) mass is 394 g/mol. The first kappa shape index (κ1) is 19.8. The Labute approximate surface area is 165 Å². The first-order valence-corrected chi connectivity index (χ1v) is 10.4. The molecule has 3 aromatic carbocycles. The zero-order valence-corrected chi connectivity index (χ0v) is 16.3. The predicted octanol–water partition coefficient (Wildman–Crippen LogP) is 3.26. The summed E-state index contributed by atoms with van der Waals surface area (Å²) < 4.78 is 27.4. The van der Waals surface area contributed by atoms with E-state index in [0.717, 1.165) is 11.1 Å². The van der Waals surface area contributed by atoms with Crippen molar-refractivity contribution in [3.8, 4) is 0 Å². The third-order valence-corrected chi connectivity index (χ3v) is 5.89. The average Bonchev–Trinajstić information content (AvgIpc) is 2.73. The molecule has 0 radical (unpaired) electrons. The van der Waals surface area contributed by atoms with Gasteiger partial charge in [-0.3, -0.25) is 4.79 Å². The summed E-state index contributed by atoms with van der Waals surface area (Å²) in [5.41, 5.74) is 1.83. The minimum Gasteiger partial charge on any atom is -0.344 e. The standard InChI is InChI=1S/C22H22N2O3S/c1-17(24-28(26,27)20-15-9-4-10-16-20)22(25)23-21(18-11-5-2-6-12-18)19-13-7-3-8-14-19/h2-17,21,24H,1H3,(H,23,25)/t17-/m1/s1. The van der Waals surface area contributed by atoms with Gasteiger partial charge in [0.2, 0.25) is 15.9 Å². The molecule has 1 atom stereocenters. The minimum absolute atomic E-state index is 0.123. The summed E-state index contributed by atoms with van der Waals surface area (Å²) in [4.78, 5) is 12.9. The molecule has 0 aliphatic rings. The normalized spacial score (nSPS) is 12.5. The van der Waals surface area contributed by atoms with E-state index in [2.05, 4.69) is 10.0 Å². The minimum atomic E-state index is -3.78. The maximum absolute atomic E-state index is 12.8. The summed E-state index contributed by atoms with van der Waals surface area (Å²) in [6.45, 7) is 1.53. The number of hydrogen-bond acceptors (Lipinski definition) is 3. The lowest BCUT2D eigenvalue weighted by atomic mass is 9.98. The summed E-state index contributed by atoms with van der Waals surface area (Å²) in [5.74, 6) is -0.405. The Hall–Kier alpha value is -2.96. The van der Waals surface area contributed by atoms with Gasteiger partial charge in [0, 0.05) is 0 Å². The molecule has 0 saturated carbocycles. The molecular weight excluding hydrogens is 372 g/mol. The maximum Gasteiger partial charge on any atom is 0.241 e. The van der Waals surface area contributed by atoms with Crippen LogP contribution in [0.25, 0.3) is 0 Å². The van der Waals surface area contributed by atoms with Gasteiger partial charge in [-0.15, -0.1) is 0 Å². The molecule has 0 heterocycles. The van der Waals surface area contributed by atoms with Gasteiger partial charge in [0.05, 0.1) is 17.0 Å². The molecule has 3 rings (SSSR count). The zero-order valence-electron chi connectivity index (χ0n) is 15.4. The van der Waals surface area contributed by atoms with Crippen LogP contribution >= 0.6 is 0 Å². The molecule has 5 nitrogen and oxygen atoms in total. The third kappa shape index (κ3) is 4.85. The Bertz CT molecular complexity index is 968. The second-order valence-electron chi connectivity index (χ2n) is 6.42. The topological polar surface area (TPSA) is 75.3 Å². The molecule has 0 unspecified atom stereocenters. The molecule has 0 aromatic heterocycles. The van der Waals surface area contributed by atoms with Crippen molar-refractivity contribution in [2.24, 2.45) is 0 Å². The smallest absolute Gasteiger partial charge is 0.241 e. The SMILES string of the molecule is C[C@@H](NS(=O)(=O)c1ccccc1)C(=O)NC(c1ccccc1)c1ccccc1. The van der Waals surface area contributed by atoms with Gasteiger partial charge < -0.3 is 5.32 Å². The van der Waals surface area contributed by atoms with Crippen LogP contribution in [0.15, 0.2) is 95.9 Å². The van der Waals surface area contributed by atoms with Crippen molar-refractivity contribution in [3.63, 3.8) is 0 Å². The van der Waals surface area contributed by atoms with Crippen molar-refractivity contribution < 1.29 is 13.2 Å². The van der Waals surface area contributed by atoms with E-state index in [1.807, 2.05) is 60.7 Å². The van der Waals surface area contributed by atoms with E-state index in [0.29, 0.717) is 0 Å². The molecule has 144 valence electrons. The fourth-order valence-electron chi connectivity index (χ4n) is 2.87. The highest BCUT2D eigenvalue weighted by molar-refractivity contribution is 7.89. The Kier molecular flexibility index (Phi) is 6.23. The van der Waals surface area contributed by atoms with E-state index < -0.39 is 22.0 Å². The third-order valence-electron chi connectivity index (χ3n) is 4.33. The van der Waals surface area contributed by atoms with Crippen molar-refractivity contribution in [1.82, 2.24) is 10.0 Å². The van der Waals surface area contributed by atoms with Crippen LogP contribution in [0.3, 0.4) is 0 Å². The van der Waals surface area contributed by atoms with E-state index in [1.165, 1.54) is 19.1 Å². The van der Waals surface area contributed by atoms with E-state index in [4.69, 9.17) is 0 Å². The summed E-state index contributed by atoms with van der Waals surface area (Å²) in [7, 11) is -3.78. The lowest BCUT2D eigenvalue weighted by molar-refractivity contribution is -0.122. The number of benzene rings is 3. The highest BCUT2D eigenvalue weighted by Crippen LogP contribution is 2.22. The number of rotatable bonds is 7. The molecule has 0 aliphatic heterocycles. The number of amides is 1. The Morgan fingerprint density at radius 1 is 0.750 bits per heavy atom. The van der Waals surface area contributed by atoms with Gasteiger partial charge >= 0.3 is 0 Å². The van der Waals surface area contributed by atoms with Crippen molar-refractivity contribution >= 4 is 15.9 Å². The number of carbonyl (C=O) groups excluding carboxylic acids is 1. The molecule has 3 aromatic rings. The number of hydrogen-bond donors (Lipinski definition) is 2. The summed E-state index contributed by atoms with van der Waals surface area (Å²) in [5, 5.41) is 2.96. The van der Waals surface area contributed by atoms with Crippen LogP contribution in [0, 0.1) is 0 Å². The summed E-state index contributed by atoms with van der Waals surface area (Å²) >= 11 is 0. The Morgan fingerprint density at radius 2 is 1.18 bits per heavy atom. The van der Waals surface area contributed by atoms with Crippen LogP contribution in [-0.4, -0.2) is 20.4 Å². The van der Waals surface area contributed by atoms with Gasteiger partial charge in [-0.25, -0.2) is 8.42 Å². The van der Waals surface area contributed by atoms with Crippen LogP contribution in [0.5, 0.6) is 0 Å². The van der Waals surface area contributed by atoms with Crippen LogP contribution < -0.4 is 10.0 Å². The molecule has 0 saturated heterocycles. The van der Waals surface area contributed by atoms with E-state index >= 15 is 0 Å². The second kappa shape index (κ2) is 8.82. The van der Waals surface area contributed by atoms with E-state index in [-0.39, 0.29) is 10.9 Å². The fraction of sp³-hybridized carbons (Fsp3) is 0.136. The van der Waals surface area contributed by atoms with E-state index in [9.17, 15) is 13.2 Å². The maximum atomic E-state index is 12.8. The molecule has 0 fully saturated rings. The van der Waals surface area contributed by atoms with Crippen molar-refractivity contribution in [3.05, 3.63) is 102 Å². The lowest BCUT2D eigenvalue weighted by Gasteiger charge is -2.22. The fourth-order valence-corrected chi connectivity index (χ4v) is 4.10. The molecule has 1 amide bonds. The second-order valence-corrected chi connectivity index (χ2v) is 8.13. The van der Waals surface area contributed by atoms with Crippen molar-refractivity contribution in [2.75, 3.05) is 0 Å². The van der Waals surface area contributed by atoms with E-state index in [1.54, 1.807) is 18.2 Å². The molecule has 2 N–H and O–H groups in total. The summed E-state index contributed by atoms with van der Waals surface area (Å²) in [6.07, 6.45) is 0. The highest BCUT2D eigenvalue weighted by Gasteiger charge is 2.24. The van der Waals surface area contributed by atoms with Crippen LogP contribution in [0.2, 0.25) is 0 Å². The average molecular weight is 394 g/mol. The molecule has 0 aliphatic carbocycles. The Balaban J connectivity index is 1.78. The van der Waals surface area contributed by atoms with Crippen LogP contribution in [-0.2, 0) is 14.8 Å². The number of nitrogens with one attached hydrogen (secondary N) is 2. The molecular formula is C22H22N2O3S. The first-order valence-electron chi connectivity index (χ1n) is 8.95. The summed E-state index contributed by atoms with van der Waals surface area (Å²) in [6, 6.07) is 25.8. The van der Waals surface area contributed by atoms with Gasteiger partial charge in [-0.1, -0.05) is 78.9 Å². The number of sulfonamides is 1. The van der Waals surface area contributed by atoms with Crippen molar-refractivity contribution in [1.29, 1.82) is 0 Å². The van der Waals surface area contributed by atoms with Gasteiger partial charge in [-0.2, -0.15) is 4.72 Å². The molecule has 0 bridgehead atoms. The van der Waals surface area contributed by atoms with Gasteiger partial charge in [-0.05, 0) is 30.2 Å².